The summed E-state index contributed by atoms with van der Waals surface area (Å²) in [5.41, 5.74) is 0.846. The molecule has 8 nitrogen and oxygen atoms in total. The number of Topliss-reactive ketones (excluding diaryl/α,β-unsaturated/α-hetero) is 1. The van der Waals surface area contributed by atoms with Gasteiger partial charge >= 0.3 is 5.97 Å². The predicted molar refractivity (Wildman–Crippen MR) is 107 cm³/mol. The van der Waals surface area contributed by atoms with Crippen molar-refractivity contribution in [1.82, 2.24) is 4.72 Å². The maximum Gasteiger partial charge on any atom is 0.324 e. The fraction of sp³-hybridized carbons (Fsp3) is 0.250. The van der Waals surface area contributed by atoms with E-state index in [0.29, 0.717) is 17.7 Å². The van der Waals surface area contributed by atoms with Crippen LogP contribution in [0.3, 0.4) is 0 Å². The summed E-state index contributed by atoms with van der Waals surface area (Å²) in [6.07, 6.45) is 0.336. The maximum atomic E-state index is 12.2. The van der Waals surface area contributed by atoms with E-state index in [1.165, 1.54) is 31.2 Å². The number of amides is 1. The van der Waals surface area contributed by atoms with Gasteiger partial charge in [0.15, 0.2) is 12.4 Å². The molecule has 0 unspecified atom stereocenters. The normalized spacial score (nSPS) is 12.1. The summed E-state index contributed by atoms with van der Waals surface area (Å²) in [6.45, 7) is 2.53. The fourth-order valence-corrected chi connectivity index (χ4v) is 3.50. The van der Waals surface area contributed by atoms with Crippen LogP contribution in [0, 0.1) is 0 Å². The third-order valence-electron chi connectivity index (χ3n) is 3.90. The van der Waals surface area contributed by atoms with E-state index in [2.05, 4.69) is 10.0 Å². The number of ketones is 1. The first-order valence-electron chi connectivity index (χ1n) is 8.90. The van der Waals surface area contributed by atoms with Crippen LogP contribution in [0.1, 0.15) is 30.6 Å². The Morgan fingerprint density at radius 3 is 2.21 bits per heavy atom. The predicted octanol–water partition coefficient (Wildman–Crippen LogP) is 2.13. The van der Waals surface area contributed by atoms with Crippen molar-refractivity contribution in [2.45, 2.75) is 31.2 Å². The molecule has 0 heterocycles. The topological polar surface area (TPSA) is 119 Å². The lowest BCUT2D eigenvalue weighted by Gasteiger charge is -2.13. The minimum atomic E-state index is -3.88. The van der Waals surface area contributed by atoms with Gasteiger partial charge in [0.2, 0.25) is 15.9 Å². The van der Waals surface area contributed by atoms with Crippen LogP contribution in [0.5, 0.6) is 0 Å². The average Bonchev–Trinajstić information content (AvgIpc) is 2.72. The third-order valence-corrected chi connectivity index (χ3v) is 5.45. The largest absolute Gasteiger partial charge is 0.456 e. The van der Waals surface area contributed by atoms with Gasteiger partial charge in [-0.2, -0.15) is 4.72 Å². The molecular weight excluding hydrogens is 396 g/mol. The summed E-state index contributed by atoms with van der Waals surface area (Å²) < 4.78 is 31.6. The zero-order chi connectivity index (χ0) is 21.4. The molecule has 0 aliphatic heterocycles. The van der Waals surface area contributed by atoms with E-state index in [1.807, 2.05) is 0 Å². The Kier molecular flexibility index (Phi) is 7.63. The van der Waals surface area contributed by atoms with Crippen molar-refractivity contribution >= 4 is 33.4 Å². The van der Waals surface area contributed by atoms with Crippen molar-refractivity contribution in [2.24, 2.45) is 0 Å². The number of sulfonamides is 1. The molecule has 0 saturated heterocycles. The van der Waals surface area contributed by atoms with Crippen LogP contribution < -0.4 is 10.0 Å². The molecule has 0 aromatic heterocycles. The molecule has 9 heteroatoms. The van der Waals surface area contributed by atoms with Crippen LogP contribution in [0.2, 0.25) is 0 Å². The minimum absolute atomic E-state index is 0.0194. The van der Waals surface area contributed by atoms with Crippen molar-refractivity contribution in [2.75, 3.05) is 11.9 Å². The highest BCUT2D eigenvalue weighted by Gasteiger charge is 2.23. The molecule has 0 spiro atoms. The summed E-state index contributed by atoms with van der Waals surface area (Å²) in [4.78, 5) is 35.6. The Morgan fingerprint density at radius 2 is 1.62 bits per heavy atom. The maximum absolute atomic E-state index is 12.2. The molecular formula is C20H22N2O6S. The molecule has 0 fully saturated rings. The SMILES string of the molecule is CCC(=O)Nc1ccc(C(=O)COC(=O)[C@H](C)NS(=O)(=O)c2ccccc2)cc1. The summed E-state index contributed by atoms with van der Waals surface area (Å²) in [6, 6.07) is 12.6. The first kappa shape index (κ1) is 22.3. The number of carbonyl (C=O) groups excluding carboxylic acids is 3. The standard InChI is InChI=1S/C20H22N2O6S/c1-3-19(24)21-16-11-9-15(10-12-16)18(23)13-28-20(25)14(2)22-29(26,27)17-7-5-4-6-8-17/h4-12,14,22H,3,13H2,1-2H3,(H,21,24)/t14-/m0/s1. The van der Waals surface area contributed by atoms with Crippen LogP contribution in [0.4, 0.5) is 5.69 Å². The van der Waals surface area contributed by atoms with E-state index in [0.717, 1.165) is 0 Å². The number of esters is 1. The minimum Gasteiger partial charge on any atom is -0.456 e. The Bertz CT molecular complexity index is 972. The molecule has 2 N–H and O–H groups in total. The Hall–Kier alpha value is -3.04. The Labute approximate surface area is 169 Å². The van der Waals surface area contributed by atoms with Gasteiger partial charge in [-0.3, -0.25) is 14.4 Å². The van der Waals surface area contributed by atoms with Crippen LogP contribution in [-0.2, 0) is 24.3 Å². The van der Waals surface area contributed by atoms with Crippen molar-refractivity contribution in [3.8, 4) is 0 Å². The van der Waals surface area contributed by atoms with Gasteiger partial charge in [0, 0.05) is 17.7 Å². The zero-order valence-electron chi connectivity index (χ0n) is 16.0. The van der Waals surface area contributed by atoms with Crippen molar-refractivity contribution < 1.29 is 27.5 Å². The first-order valence-corrected chi connectivity index (χ1v) is 10.4. The fourth-order valence-electron chi connectivity index (χ4n) is 2.28. The number of hydrogen-bond donors (Lipinski definition) is 2. The second-order valence-electron chi connectivity index (χ2n) is 6.17. The van der Waals surface area contributed by atoms with Crippen LogP contribution in [0.25, 0.3) is 0 Å². The second kappa shape index (κ2) is 9.94. The molecule has 0 radical (unpaired) electrons. The molecule has 154 valence electrons. The monoisotopic (exact) mass is 418 g/mol. The zero-order valence-corrected chi connectivity index (χ0v) is 16.9. The number of carbonyl (C=O) groups is 3. The smallest absolute Gasteiger partial charge is 0.324 e. The van der Waals surface area contributed by atoms with Gasteiger partial charge in [0.1, 0.15) is 6.04 Å². The van der Waals surface area contributed by atoms with E-state index in [9.17, 15) is 22.8 Å². The summed E-state index contributed by atoms with van der Waals surface area (Å²) in [5, 5.41) is 2.66. The Balaban J connectivity index is 1.89. The van der Waals surface area contributed by atoms with Gasteiger partial charge in [-0.15, -0.1) is 0 Å². The lowest BCUT2D eigenvalue weighted by Crippen LogP contribution is -2.40. The van der Waals surface area contributed by atoms with Crippen molar-refractivity contribution in [1.29, 1.82) is 0 Å². The molecule has 2 aromatic rings. The van der Waals surface area contributed by atoms with Gasteiger partial charge < -0.3 is 10.1 Å². The molecule has 0 bridgehead atoms. The molecule has 2 rings (SSSR count). The molecule has 0 saturated carbocycles. The number of rotatable bonds is 9. The first-order chi connectivity index (χ1) is 13.7. The van der Waals surface area contributed by atoms with Gasteiger partial charge in [-0.25, -0.2) is 8.42 Å². The molecule has 0 aliphatic rings. The molecule has 1 amide bonds. The lowest BCUT2D eigenvalue weighted by atomic mass is 10.1. The van der Waals surface area contributed by atoms with Crippen LogP contribution in [0.15, 0.2) is 59.5 Å². The van der Waals surface area contributed by atoms with E-state index in [4.69, 9.17) is 4.74 Å². The number of ether oxygens (including phenoxy) is 1. The van der Waals surface area contributed by atoms with Gasteiger partial charge in [0.25, 0.3) is 0 Å². The highest BCUT2D eigenvalue weighted by atomic mass is 32.2. The van der Waals surface area contributed by atoms with Gasteiger partial charge in [-0.1, -0.05) is 25.1 Å². The van der Waals surface area contributed by atoms with Crippen molar-refractivity contribution in [3.63, 3.8) is 0 Å². The second-order valence-corrected chi connectivity index (χ2v) is 7.88. The van der Waals surface area contributed by atoms with E-state index in [1.54, 1.807) is 37.3 Å². The van der Waals surface area contributed by atoms with E-state index < -0.39 is 34.4 Å². The third kappa shape index (κ3) is 6.51. The number of benzene rings is 2. The highest BCUT2D eigenvalue weighted by molar-refractivity contribution is 7.89. The number of anilines is 1. The highest BCUT2D eigenvalue weighted by Crippen LogP contribution is 2.11. The summed E-state index contributed by atoms with van der Waals surface area (Å²) in [5.74, 6) is -1.47. The number of nitrogens with one attached hydrogen (secondary N) is 2. The van der Waals surface area contributed by atoms with Crippen LogP contribution in [-0.4, -0.2) is 38.7 Å². The van der Waals surface area contributed by atoms with Gasteiger partial charge in [-0.05, 0) is 43.3 Å². The molecule has 1 atom stereocenters. The lowest BCUT2D eigenvalue weighted by molar-refractivity contribution is -0.144. The van der Waals surface area contributed by atoms with E-state index in [-0.39, 0.29) is 10.8 Å². The summed E-state index contributed by atoms with van der Waals surface area (Å²) in [7, 11) is -3.88. The molecule has 2 aromatic carbocycles. The molecule has 0 aliphatic carbocycles. The Morgan fingerprint density at radius 1 is 1.00 bits per heavy atom. The van der Waals surface area contributed by atoms with E-state index >= 15 is 0 Å². The summed E-state index contributed by atoms with van der Waals surface area (Å²) >= 11 is 0. The average molecular weight is 418 g/mol. The van der Waals surface area contributed by atoms with Gasteiger partial charge in [0.05, 0.1) is 4.90 Å². The van der Waals surface area contributed by atoms with Crippen molar-refractivity contribution in [3.05, 3.63) is 60.2 Å². The quantitative estimate of drug-likeness (QED) is 0.476. The number of hydrogen-bond acceptors (Lipinski definition) is 6. The molecule has 29 heavy (non-hydrogen) atoms. The van der Waals surface area contributed by atoms with Crippen LogP contribution >= 0.6 is 0 Å².